The van der Waals surface area contributed by atoms with Crippen molar-refractivity contribution in [2.24, 2.45) is 0 Å². The molecule has 1 aliphatic rings. The second kappa shape index (κ2) is 9.45. The van der Waals surface area contributed by atoms with Gasteiger partial charge in [0.15, 0.2) is 5.76 Å². The van der Waals surface area contributed by atoms with Crippen molar-refractivity contribution in [3.8, 4) is 11.3 Å². The SMILES string of the molecule is Cc1cc(-c2cnc(NCCCNC(=O)c3ccccn3)nc2[C@H]2CCCO2)on1. The molecule has 1 saturated heterocycles. The molecule has 1 atom stereocenters. The molecule has 3 aromatic heterocycles. The van der Waals surface area contributed by atoms with E-state index in [2.05, 4.69) is 30.7 Å². The average Bonchev–Trinajstić information content (AvgIpc) is 3.46. The molecule has 2 N–H and O–H groups in total. The molecule has 0 spiro atoms. The lowest BCUT2D eigenvalue weighted by Crippen LogP contribution is -2.26. The third-order valence-corrected chi connectivity index (χ3v) is 4.77. The normalized spacial score (nSPS) is 15.8. The van der Waals surface area contributed by atoms with E-state index in [4.69, 9.17) is 9.26 Å². The van der Waals surface area contributed by atoms with Crippen molar-refractivity contribution in [3.05, 3.63) is 53.7 Å². The third-order valence-electron chi connectivity index (χ3n) is 4.77. The molecule has 0 unspecified atom stereocenters. The van der Waals surface area contributed by atoms with Crippen molar-refractivity contribution in [2.45, 2.75) is 32.3 Å². The molecule has 156 valence electrons. The summed E-state index contributed by atoms with van der Waals surface area (Å²) in [6, 6.07) is 7.12. The van der Waals surface area contributed by atoms with Gasteiger partial charge in [-0.15, -0.1) is 0 Å². The second-order valence-corrected chi connectivity index (χ2v) is 7.08. The second-order valence-electron chi connectivity index (χ2n) is 7.08. The molecule has 0 aromatic carbocycles. The number of nitrogens with zero attached hydrogens (tertiary/aromatic N) is 4. The molecule has 30 heavy (non-hydrogen) atoms. The summed E-state index contributed by atoms with van der Waals surface area (Å²) in [6.45, 7) is 3.75. The van der Waals surface area contributed by atoms with Crippen LogP contribution in [0.5, 0.6) is 0 Å². The fourth-order valence-corrected chi connectivity index (χ4v) is 3.28. The number of ether oxygens (including phenoxy) is 1. The smallest absolute Gasteiger partial charge is 0.269 e. The van der Waals surface area contributed by atoms with Crippen LogP contribution in [0, 0.1) is 6.92 Å². The fraction of sp³-hybridized carbons (Fsp3) is 0.381. The lowest BCUT2D eigenvalue weighted by Gasteiger charge is -2.14. The molecular weight excluding hydrogens is 384 g/mol. The largest absolute Gasteiger partial charge is 0.372 e. The maximum Gasteiger partial charge on any atom is 0.269 e. The van der Waals surface area contributed by atoms with Gasteiger partial charge in [-0.2, -0.15) is 0 Å². The highest BCUT2D eigenvalue weighted by Gasteiger charge is 2.25. The molecule has 0 bridgehead atoms. The topological polar surface area (TPSA) is 115 Å². The number of aromatic nitrogens is 4. The summed E-state index contributed by atoms with van der Waals surface area (Å²) in [7, 11) is 0. The number of rotatable bonds is 8. The number of carbonyl (C=O) groups excluding carboxylic acids is 1. The maximum atomic E-state index is 12.0. The molecule has 1 fully saturated rings. The number of anilines is 1. The molecule has 0 saturated carbocycles. The highest BCUT2D eigenvalue weighted by molar-refractivity contribution is 5.92. The first kappa shape index (κ1) is 20.0. The predicted molar refractivity (Wildman–Crippen MR) is 110 cm³/mol. The summed E-state index contributed by atoms with van der Waals surface area (Å²) >= 11 is 0. The lowest BCUT2D eigenvalue weighted by atomic mass is 10.1. The highest BCUT2D eigenvalue weighted by Crippen LogP contribution is 2.34. The first-order valence-corrected chi connectivity index (χ1v) is 10.1. The van der Waals surface area contributed by atoms with Crippen LogP contribution in [-0.2, 0) is 4.74 Å². The summed E-state index contributed by atoms with van der Waals surface area (Å²) in [6.07, 6.45) is 5.91. The summed E-state index contributed by atoms with van der Waals surface area (Å²) < 4.78 is 11.3. The van der Waals surface area contributed by atoms with E-state index in [9.17, 15) is 4.79 Å². The summed E-state index contributed by atoms with van der Waals surface area (Å²) in [5, 5.41) is 10.0. The van der Waals surface area contributed by atoms with Gasteiger partial charge in [0.2, 0.25) is 5.95 Å². The number of amides is 1. The van der Waals surface area contributed by atoms with Gasteiger partial charge in [0.1, 0.15) is 11.8 Å². The van der Waals surface area contributed by atoms with Gasteiger partial charge in [0.25, 0.3) is 5.91 Å². The molecule has 9 nitrogen and oxygen atoms in total. The minimum absolute atomic E-state index is 0.0772. The van der Waals surface area contributed by atoms with Gasteiger partial charge >= 0.3 is 0 Å². The molecule has 4 heterocycles. The van der Waals surface area contributed by atoms with Crippen LogP contribution in [0.3, 0.4) is 0 Å². The van der Waals surface area contributed by atoms with E-state index in [1.165, 1.54) is 0 Å². The van der Waals surface area contributed by atoms with Gasteiger partial charge < -0.3 is 19.9 Å². The zero-order valence-electron chi connectivity index (χ0n) is 16.8. The van der Waals surface area contributed by atoms with Gasteiger partial charge in [0.05, 0.1) is 17.0 Å². The van der Waals surface area contributed by atoms with Crippen LogP contribution in [0.25, 0.3) is 11.3 Å². The predicted octanol–water partition coefficient (Wildman–Crippen LogP) is 2.92. The zero-order chi connectivity index (χ0) is 20.8. The Hall–Kier alpha value is -3.33. The third kappa shape index (κ3) is 4.80. The number of hydrogen-bond acceptors (Lipinski definition) is 8. The van der Waals surface area contributed by atoms with Gasteiger partial charge in [-0.05, 0) is 38.3 Å². The number of pyridine rings is 1. The number of aryl methyl sites for hydroxylation is 1. The van der Waals surface area contributed by atoms with Crippen LogP contribution in [0.15, 0.2) is 41.2 Å². The minimum atomic E-state index is -0.181. The van der Waals surface area contributed by atoms with E-state index in [0.717, 1.165) is 42.8 Å². The van der Waals surface area contributed by atoms with Crippen LogP contribution in [0.2, 0.25) is 0 Å². The van der Waals surface area contributed by atoms with E-state index < -0.39 is 0 Å². The van der Waals surface area contributed by atoms with E-state index >= 15 is 0 Å². The number of hydrogen-bond donors (Lipinski definition) is 2. The molecule has 1 amide bonds. The Morgan fingerprint density at radius 3 is 2.93 bits per heavy atom. The Morgan fingerprint density at radius 1 is 1.27 bits per heavy atom. The van der Waals surface area contributed by atoms with Gasteiger partial charge in [-0.3, -0.25) is 9.78 Å². The maximum absolute atomic E-state index is 12.0. The molecule has 0 radical (unpaired) electrons. The first-order valence-electron chi connectivity index (χ1n) is 10.1. The van der Waals surface area contributed by atoms with E-state index in [-0.39, 0.29) is 12.0 Å². The molecule has 3 aromatic rings. The average molecular weight is 408 g/mol. The van der Waals surface area contributed by atoms with E-state index in [1.807, 2.05) is 13.0 Å². The van der Waals surface area contributed by atoms with Gasteiger partial charge in [-0.25, -0.2) is 9.97 Å². The van der Waals surface area contributed by atoms with Crippen LogP contribution >= 0.6 is 0 Å². The number of carbonyl (C=O) groups is 1. The molecule has 4 rings (SSSR count). The van der Waals surface area contributed by atoms with Gasteiger partial charge in [-0.1, -0.05) is 11.2 Å². The van der Waals surface area contributed by atoms with Crippen molar-refractivity contribution >= 4 is 11.9 Å². The molecule has 9 heteroatoms. The van der Waals surface area contributed by atoms with Crippen LogP contribution in [-0.4, -0.2) is 45.7 Å². The summed E-state index contributed by atoms with van der Waals surface area (Å²) in [5.41, 5.74) is 2.83. The van der Waals surface area contributed by atoms with Crippen molar-refractivity contribution < 1.29 is 14.1 Å². The van der Waals surface area contributed by atoms with Crippen LogP contribution < -0.4 is 10.6 Å². The number of nitrogens with one attached hydrogen (secondary N) is 2. The molecule has 1 aliphatic heterocycles. The minimum Gasteiger partial charge on any atom is -0.372 e. The van der Waals surface area contributed by atoms with Crippen molar-refractivity contribution in [3.63, 3.8) is 0 Å². The Balaban J connectivity index is 1.35. The monoisotopic (exact) mass is 408 g/mol. The van der Waals surface area contributed by atoms with Gasteiger partial charge in [0, 0.05) is 38.2 Å². The first-order chi connectivity index (χ1) is 14.7. The zero-order valence-corrected chi connectivity index (χ0v) is 16.8. The van der Waals surface area contributed by atoms with Crippen LogP contribution in [0.4, 0.5) is 5.95 Å². The van der Waals surface area contributed by atoms with Crippen molar-refractivity contribution in [2.75, 3.05) is 25.0 Å². The van der Waals surface area contributed by atoms with E-state index in [0.29, 0.717) is 30.5 Å². The summed E-state index contributed by atoms with van der Waals surface area (Å²) in [5.74, 6) is 0.984. The summed E-state index contributed by atoms with van der Waals surface area (Å²) in [4.78, 5) is 25.1. The lowest BCUT2D eigenvalue weighted by molar-refractivity contribution is 0.0948. The van der Waals surface area contributed by atoms with E-state index in [1.54, 1.807) is 30.6 Å². The molecular formula is C21H24N6O3. The Bertz CT molecular complexity index is 985. The Labute approximate surface area is 174 Å². The highest BCUT2D eigenvalue weighted by atomic mass is 16.5. The van der Waals surface area contributed by atoms with Crippen molar-refractivity contribution in [1.82, 2.24) is 25.4 Å². The Morgan fingerprint density at radius 2 is 2.20 bits per heavy atom. The Kier molecular flexibility index (Phi) is 6.29. The quantitative estimate of drug-likeness (QED) is 0.547. The standard InChI is InChI=1S/C21H24N6O3/c1-14-12-18(30-27-14)15-13-25-21(26-19(15)17-7-4-11-29-17)24-10-5-9-23-20(28)16-6-2-3-8-22-16/h2-3,6,8,12-13,17H,4-5,7,9-11H2,1H3,(H,23,28)(H,24,25,26)/t17-/m1/s1. The molecule has 0 aliphatic carbocycles. The van der Waals surface area contributed by atoms with Crippen LogP contribution in [0.1, 0.15) is 47.2 Å². The van der Waals surface area contributed by atoms with Crippen molar-refractivity contribution in [1.29, 1.82) is 0 Å². The fourth-order valence-electron chi connectivity index (χ4n) is 3.28.